The third kappa shape index (κ3) is 3.92. The Morgan fingerprint density at radius 2 is 1.78 bits per heavy atom. The summed E-state index contributed by atoms with van der Waals surface area (Å²) in [6.45, 7) is 2.37. The lowest BCUT2D eigenvalue weighted by Crippen LogP contribution is -2.24. The number of benzene rings is 2. The summed E-state index contributed by atoms with van der Waals surface area (Å²) in [5.74, 6) is -1.48. The van der Waals surface area contributed by atoms with Gasteiger partial charge in [0.1, 0.15) is 16.9 Å². The summed E-state index contributed by atoms with van der Waals surface area (Å²) in [6.07, 6.45) is 3.52. The van der Waals surface area contributed by atoms with E-state index in [-0.39, 0.29) is 10.5 Å². The van der Waals surface area contributed by atoms with Gasteiger partial charge < -0.3 is 4.90 Å². The van der Waals surface area contributed by atoms with Crippen molar-refractivity contribution in [2.75, 3.05) is 13.6 Å². The largest absolute Gasteiger partial charge is 0.376 e. The zero-order valence-corrected chi connectivity index (χ0v) is 16.4. The monoisotopic (exact) mass is 409 g/mol. The molecule has 1 aliphatic rings. The maximum absolute atomic E-state index is 14.6. The first-order valence-corrected chi connectivity index (χ1v) is 10.2. The second-order valence-corrected chi connectivity index (χ2v) is 8.93. The second-order valence-electron chi connectivity index (χ2n) is 6.46. The summed E-state index contributed by atoms with van der Waals surface area (Å²) in [4.78, 5) is 1.78. The van der Waals surface area contributed by atoms with Crippen molar-refractivity contribution >= 4 is 21.4 Å². The van der Waals surface area contributed by atoms with Crippen LogP contribution in [0.2, 0.25) is 5.02 Å². The smallest absolute Gasteiger partial charge is 0.189 e. The highest BCUT2D eigenvalue weighted by Crippen LogP contribution is 2.40. The van der Waals surface area contributed by atoms with E-state index >= 15 is 0 Å². The molecule has 0 bridgehead atoms. The molecule has 0 aliphatic carbocycles. The highest BCUT2D eigenvalue weighted by Gasteiger charge is 2.36. The number of sulfone groups is 1. The number of likely N-dealkylation sites (N-methyl/N-ethyl adjacent to an activating group) is 1. The van der Waals surface area contributed by atoms with Gasteiger partial charge in [-0.1, -0.05) is 17.7 Å². The van der Waals surface area contributed by atoms with Gasteiger partial charge in [-0.3, -0.25) is 0 Å². The van der Waals surface area contributed by atoms with E-state index in [4.69, 9.17) is 11.6 Å². The molecule has 0 amide bonds. The topological polar surface area (TPSA) is 37.4 Å². The van der Waals surface area contributed by atoms with Crippen molar-refractivity contribution in [1.29, 1.82) is 0 Å². The van der Waals surface area contributed by atoms with Crippen LogP contribution in [-0.2, 0) is 9.84 Å². The molecule has 0 saturated heterocycles. The molecular weight excluding hydrogens is 392 g/mol. The van der Waals surface area contributed by atoms with E-state index < -0.39 is 26.7 Å². The van der Waals surface area contributed by atoms with Crippen LogP contribution in [0, 0.1) is 11.6 Å². The number of hydrogen-bond acceptors (Lipinski definition) is 3. The van der Waals surface area contributed by atoms with Crippen molar-refractivity contribution < 1.29 is 17.2 Å². The molecule has 1 atom stereocenters. The van der Waals surface area contributed by atoms with Gasteiger partial charge in [-0.15, -0.1) is 0 Å². The van der Waals surface area contributed by atoms with E-state index in [0.717, 1.165) is 18.2 Å². The summed E-state index contributed by atoms with van der Waals surface area (Å²) in [6, 6.07) is 8.50. The van der Waals surface area contributed by atoms with Crippen LogP contribution in [0.4, 0.5) is 8.78 Å². The first-order valence-electron chi connectivity index (χ1n) is 8.23. The number of allylic oxidation sites excluding steroid dienone is 1. The van der Waals surface area contributed by atoms with Crippen LogP contribution in [0.1, 0.15) is 17.7 Å². The molecule has 7 heteroatoms. The number of nitrogens with zero attached hydrogens (tertiary/aromatic N) is 1. The van der Waals surface area contributed by atoms with E-state index in [2.05, 4.69) is 0 Å². The van der Waals surface area contributed by atoms with Crippen LogP contribution in [-0.4, -0.2) is 26.9 Å². The fraction of sp³-hybridized carbons (Fsp3) is 0.200. The van der Waals surface area contributed by atoms with E-state index in [1.54, 1.807) is 25.1 Å². The Balaban J connectivity index is 2.26. The predicted octanol–water partition coefficient (Wildman–Crippen LogP) is 4.91. The molecule has 0 radical (unpaired) electrons. The van der Waals surface area contributed by atoms with Crippen molar-refractivity contribution in [3.05, 3.63) is 88.1 Å². The van der Waals surface area contributed by atoms with Crippen molar-refractivity contribution in [2.24, 2.45) is 0 Å². The van der Waals surface area contributed by atoms with Crippen molar-refractivity contribution in [3.63, 3.8) is 0 Å². The van der Waals surface area contributed by atoms with Gasteiger partial charge in [0.2, 0.25) is 0 Å². The Morgan fingerprint density at radius 1 is 1.11 bits per heavy atom. The number of rotatable bonds is 4. The minimum absolute atomic E-state index is 0.0116. The Morgan fingerprint density at radius 3 is 2.44 bits per heavy atom. The molecule has 1 heterocycles. The molecular formula is C20H18ClF2NO2S. The van der Waals surface area contributed by atoms with Crippen LogP contribution >= 0.6 is 11.6 Å². The molecule has 2 aromatic carbocycles. The minimum Gasteiger partial charge on any atom is -0.376 e. The Hall–Kier alpha value is -2.18. The zero-order valence-electron chi connectivity index (χ0n) is 14.8. The Labute approximate surface area is 162 Å². The Kier molecular flexibility index (Phi) is 5.40. The molecule has 1 aliphatic heterocycles. The van der Waals surface area contributed by atoms with Gasteiger partial charge >= 0.3 is 0 Å². The second kappa shape index (κ2) is 7.44. The van der Waals surface area contributed by atoms with Crippen molar-refractivity contribution in [2.45, 2.75) is 17.1 Å². The zero-order chi connectivity index (χ0) is 19.8. The standard InChI is InChI=1S/C20H18ClF2NO2S/c1-13-9-10-24(2)12-18(13)20(17-11-15(22)5-8-19(17)23)27(25,26)16-6-3-14(21)4-7-16/h3-9,11-12,20H,10H2,1-2H3. The summed E-state index contributed by atoms with van der Waals surface area (Å²) in [7, 11) is -2.28. The molecule has 0 saturated carbocycles. The molecule has 0 fully saturated rings. The maximum Gasteiger partial charge on any atom is 0.189 e. The summed E-state index contributed by atoms with van der Waals surface area (Å²) in [5.41, 5.74) is 0.891. The van der Waals surface area contributed by atoms with E-state index in [1.807, 2.05) is 6.08 Å². The third-order valence-electron chi connectivity index (χ3n) is 4.48. The average Bonchev–Trinajstić information content (AvgIpc) is 2.61. The summed E-state index contributed by atoms with van der Waals surface area (Å²) in [5, 5.41) is -0.997. The van der Waals surface area contributed by atoms with Gasteiger partial charge in [-0.25, -0.2) is 17.2 Å². The average molecular weight is 410 g/mol. The lowest BCUT2D eigenvalue weighted by Gasteiger charge is -2.28. The normalized spacial score (nSPS) is 16.0. The minimum atomic E-state index is -4.07. The fourth-order valence-electron chi connectivity index (χ4n) is 3.04. The first kappa shape index (κ1) is 19.6. The van der Waals surface area contributed by atoms with Gasteiger partial charge in [0.05, 0.1) is 4.90 Å². The molecule has 0 spiro atoms. The fourth-order valence-corrected chi connectivity index (χ4v) is 5.05. The van der Waals surface area contributed by atoms with Gasteiger partial charge in [0, 0.05) is 30.4 Å². The number of halogens is 3. The van der Waals surface area contributed by atoms with E-state index in [1.165, 1.54) is 24.3 Å². The van der Waals surface area contributed by atoms with Gasteiger partial charge in [0.15, 0.2) is 9.84 Å². The van der Waals surface area contributed by atoms with Crippen LogP contribution in [0.5, 0.6) is 0 Å². The summed E-state index contributed by atoms with van der Waals surface area (Å²) >= 11 is 5.86. The van der Waals surface area contributed by atoms with Crippen molar-refractivity contribution in [1.82, 2.24) is 4.90 Å². The van der Waals surface area contributed by atoms with Gasteiger partial charge in [0.25, 0.3) is 0 Å². The van der Waals surface area contributed by atoms with Crippen LogP contribution in [0.3, 0.4) is 0 Å². The van der Waals surface area contributed by atoms with Crippen LogP contribution < -0.4 is 0 Å². The molecule has 2 aromatic rings. The molecule has 142 valence electrons. The highest BCUT2D eigenvalue weighted by atomic mass is 35.5. The molecule has 0 aromatic heterocycles. The Bertz CT molecular complexity index is 1030. The molecule has 27 heavy (non-hydrogen) atoms. The van der Waals surface area contributed by atoms with Crippen LogP contribution in [0.15, 0.2) is 70.8 Å². The molecule has 1 unspecified atom stereocenters. The lowest BCUT2D eigenvalue weighted by atomic mass is 9.96. The lowest BCUT2D eigenvalue weighted by molar-refractivity contribution is 0.492. The maximum atomic E-state index is 14.6. The SMILES string of the molecule is CC1=CCN(C)C=C1C(c1cc(F)ccc1F)S(=O)(=O)c1ccc(Cl)cc1. The molecule has 3 nitrogen and oxygen atoms in total. The van der Waals surface area contributed by atoms with E-state index in [9.17, 15) is 17.2 Å². The first-order chi connectivity index (χ1) is 12.7. The van der Waals surface area contributed by atoms with Crippen LogP contribution in [0.25, 0.3) is 0 Å². The molecule has 0 N–H and O–H groups in total. The third-order valence-corrected chi connectivity index (χ3v) is 6.79. The summed E-state index contributed by atoms with van der Waals surface area (Å²) < 4.78 is 55.3. The highest BCUT2D eigenvalue weighted by molar-refractivity contribution is 7.92. The number of hydrogen-bond donors (Lipinski definition) is 0. The van der Waals surface area contributed by atoms with Crippen molar-refractivity contribution in [3.8, 4) is 0 Å². The molecule has 3 rings (SSSR count). The van der Waals surface area contributed by atoms with Gasteiger partial charge in [-0.2, -0.15) is 0 Å². The predicted molar refractivity (Wildman–Crippen MR) is 102 cm³/mol. The van der Waals surface area contributed by atoms with Gasteiger partial charge in [-0.05, 0) is 60.5 Å². The quantitative estimate of drug-likeness (QED) is 0.720. The van der Waals surface area contributed by atoms with E-state index in [0.29, 0.717) is 22.7 Å².